The summed E-state index contributed by atoms with van der Waals surface area (Å²) in [5, 5.41) is 14.5. The molecule has 20 heavy (non-hydrogen) atoms. The average molecular weight is 290 g/mol. The van der Waals surface area contributed by atoms with E-state index in [1.54, 1.807) is 23.5 Å². The molecule has 1 aromatic heterocycles. The van der Waals surface area contributed by atoms with Gasteiger partial charge in [0.25, 0.3) is 0 Å². The van der Waals surface area contributed by atoms with E-state index in [1.807, 2.05) is 11.4 Å². The first-order chi connectivity index (χ1) is 9.65. The summed E-state index contributed by atoms with van der Waals surface area (Å²) in [5.74, 6) is 0.140. The second-order valence-electron chi connectivity index (χ2n) is 4.60. The number of carbonyl (C=O) groups excluding carboxylic acids is 1. The van der Waals surface area contributed by atoms with Gasteiger partial charge in [0.15, 0.2) is 0 Å². The molecule has 0 aliphatic carbocycles. The molecule has 1 heterocycles. The van der Waals surface area contributed by atoms with Gasteiger partial charge >= 0.3 is 0 Å². The molecule has 0 saturated heterocycles. The summed E-state index contributed by atoms with van der Waals surface area (Å²) in [6.07, 6.45) is 2.24. The number of amides is 1. The van der Waals surface area contributed by atoms with E-state index in [2.05, 4.69) is 11.4 Å². The number of nitrogen functional groups attached to an aromatic ring is 1. The quantitative estimate of drug-likeness (QED) is 0.565. The molecule has 0 spiro atoms. The SMILES string of the molecule is Nc1ccc(O)c(CNC(=O)CCCc2cccs2)c1. The number of phenolic OH excluding ortho intramolecular Hbond substituents is 1. The van der Waals surface area contributed by atoms with Gasteiger partial charge in [-0.1, -0.05) is 6.07 Å². The van der Waals surface area contributed by atoms with Gasteiger partial charge in [0.2, 0.25) is 5.91 Å². The lowest BCUT2D eigenvalue weighted by atomic mass is 10.1. The minimum absolute atomic E-state index is 0.0108. The number of phenols is 1. The first-order valence-corrected chi connectivity index (χ1v) is 7.39. The van der Waals surface area contributed by atoms with Crippen LogP contribution in [0, 0.1) is 0 Å². The summed E-state index contributed by atoms with van der Waals surface area (Å²) in [7, 11) is 0. The molecule has 2 rings (SSSR count). The van der Waals surface area contributed by atoms with E-state index < -0.39 is 0 Å². The van der Waals surface area contributed by atoms with Gasteiger partial charge in [0.05, 0.1) is 0 Å². The summed E-state index contributed by atoms with van der Waals surface area (Å²) < 4.78 is 0. The summed E-state index contributed by atoms with van der Waals surface area (Å²) in [6.45, 7) is 0.300. The predicted octanol–water partition coefficient (Wildman–Crippen LogP) is 2.68. The van der Waals surface area contributed by atoms with Crippen molar-refractivity contribution in [2.75, 3.05) is 5.73 Å². The number of aryl methyl sites for hydroxylation is 1. The van der Waals surface area contributed by atoms with Crippen molar-refractivity contribution >= 4 is 22.9 Å². The van der Waals surface area contributed by atoms with Crippen molar-refractivity contribution in [3.8, 4) is 5.75 Å². The van der Waals surface area contributed by atoms with E-state index in [4.69, 9.17) is 5.73 Å². The van der Waals surface area contributed by atoms with Crippen molar-refractivity contribution in [3.63, 3.8) is 0 Å². The Bertz CT molecular complexity index is 567. The van der Waals surface area contributed by atoms with Gasteiger partial charge in [-0.15, -0.1) is 11.3 Å². The number of rotatable bonds is 6. The normalized spacial score (nSPS) is 10.4. The molecule has 1 amide bonds. The lowest BCUT2D eigenvalue weighted by Gasteiger charge is -2.07. The maximum atomic E-state index is 11.7. The standard InChI is InChI=1S/C15H18N2O2S/c16-12-6-7-14(18)11(9-12)10-17-15(19)5-1-3-13-4-2-8-20-13/h2,4,6-9,18H,1,3,5,10,16H2,(H,17,19). The monoisotopic (exact) mass is 290 g/mol. The van der Waals surface area contributed by atoms with Crippen molar-refractivity contribution < 1.29 is 9.90 Å². The minimum atomic E-state index is -0.0108. The summed E-state index contributed by atoms with van der Waals surface area (Å²) in [6, 6.07) is 8.92. The highest BCUT2D eigenvalue weighted by Crippen LogP contribution is 2.19. The first-order valence-electron chi connectivity index (χ1n) is 6.51. The summed E-state index contributed by atoms with van der Waals surface area (Å²) >= 11 is 1.71. The second-order valence-corrected chi connectivity index (χ2v) is 5.63. The number of carbonyl (C=O) groups is 1. The average Bonchev–Trinajstić information content (AvgIpc) is 2.93. The molecule has 0 fully saturated rings. The lowest BCUT2D eigenvalue weighted by Crippen LogP contribution is -2.22. The van der Waals surface area contributed by atoms with Gasteiger partial charge in [-0.25, -0.2) is 0 Å². The highest BCUT2D eigenvalue weighted by molar-refractivity contribution is 7.09. The Labute approximate surface area is 122 Å². The number of hydrogen-bond donors (Lipinski definition) is 3. The number of aromatic hydroxyl groups is 1. The van der Waals surface area contributed by atoms with Crippen LogP contribution < -0.4 is 11.1 Å². The Hall–Kier alpha value is -2.01. The summed E-state index contributed by atoms with van der Waals surface area (Å²) in [4.78, 5) is 13.0. The molecule has 4 N–H and O–H groups in total. The molecular weight excluding hydrogens is 272 g/mol. The fraction of sp³-hybridized carbons (Fsp3) is 0.267. The highest BCUT2D eigenvalue weighted by Gasteiger charge is 2.05. The molecule has 5 heteroatoms. The molecule has 0 atom stereocenters. The fourth-order valence-corrected chi connectivity index (χ4v) is 2.66. The Morgan fingerprint density at radius 3 is 2.95 bits per heavy atom. The molecule has 1 aromatic carbocycles. The minimum Gasteiger partial charge on any atom is -0.508 e. The van der Waals surface area contributed by atoms with Gasteiger partial charge in [-0.05, 0) is 42.5 Å². The Morgan fingerprint density at radius 1 is 1.35 bits per heavy atom. The highest BCUT2D eigenvalue weighted by atomic mass is 32.1. The van der Waals surface area contributed by atoms with Gasteiger partial charge < -0.3 is 16.2 Å². The van der Waals surface area contributed by atoms with Crippen LogP contribution in [0.25, 0.3) is 0 Å². The number of benzene rings is 1. The van der Waals surface area contributed by atoms with Crippen molar-refractivity contribution in [1.29, 1.82) is 0 Å². The number of anilines is 1. The van der Waals surface area contributed by atoms with E-state index in [0.29, 0.717) is 24.2 Å². The maximum Gasteiger partial charge on any atom is 0.220 e. The molecule has 106 valence electrons. The van der Waals surface area contributed by atoms with Gasteiger partial charge in [0, 0.05) is 29.1 Å². The molecular formula is C15H18N2O2S. The van der Waals surface area contributed by atoms with Crippen LogP contribution in [0.3, 0.4) is 0 Å². The third-order valence-corrected chi connectivity index (χ3v) is 3.92. The third kappa shape index (κ3) is 4.28. The van der Waals surface area contributed by atoms with Crippen LogP contribution >= 0.6 is 11.3 Å². The van der Waals surface area contributed by atoms with E-state index in [1.165, 1.54) is 10.9 Å². The van der Waals surface area contributed by atoms with Crippen LogP contribution in [0.2, 0.25) is 0 Å². The molecule has 0 aliphatic heterocycles. The van der Waals surface area contributed by atoms with Crippen LogP contribution in [0.4, 0.5) is 5.69 Å². The van der Waals surface area contributed by atoms with E-state index in [0.717, 1.165) is 12.8 Å². The molecule has 4 nitrogen and oxygen atoms in total. The van der Waals surface area contributed by atoms with E-state index in [9.17, 15) is 9.90 Å². The zero-order valence-corrected chi connectivity index (χ0v) is 12.0. The summed E-state index contributed by atoms with van der Waals surface area (Å²) in [5.41, 5.74) is 6.86. The third-order valence-electron chi connectivity index (χ3n) is 2.99. The smallest absolute Gasteiger partial charge is 0.220 e. The van der Waals surface area contributed by atoms with Crippen LogP contribution in [-0.2, 0) is 17.8 Å². The Kier molecular flexibility index (Phi) is 5.01. The Balaban J connectivity index is 1.73. The number of thiophene rings is 1. The maximum absolute atomic E-state index is 11.7. The molecule has 0 bridgehead atoms. The lowest BCUT2D eigenvalue weighted by molar-refractivity contribution is -0.121. The van der Waals surface area contributed by atoms with Crippen LogP contribution in [0.15, 0.2) is 35.7 Å². The van der Waals surface area contributed by atoms with Gasteiger partial charge in [-0.3, -0.25) is 4.79 Å². The predicted molar refractivity (Wildman–Crippen MR) is 81.6 cm³/mol. The largest absolute Gasteiger partial charge is 0.508 e. The van der Waals surface area contributed by atoms with Crippen molar-refractivity contribution in [3.05, 3.63) is 46.2 Å². The van der Waals surface area contributed by atoms with Crippen LogP contribution in [0.5, 0.6) is 5.75 Å². The van der Waals surface area contributed by atoms with Crippen LogP contribution in [-0.4, -0.2) is 11.0 Å². The molecule has 0 radical (unpaired) electrons. The topological polar surface area (TPSA) is 75.3 Å². The second kappa shape index (κ2) is 6.96. The number of nitrogens with one attached hydrogen (secondary N) is 1. The van der Waals surface area contributed by atoms with E-state index >= 15 is 0 Å². The zero-order chi connectivity index (χ0) is 14.4. The van der Waals surface area contributed by atoms with Crippen molar-refractivity contribution in [2.24, 2.45) is 0 Å². The zero-order valence-electron chi connectivity index (χ0n) is 11.1. The molecule has 0 unspecified atom stereocenters. The molecule has 2 aromatic rings. The van der Waals surface area contributed by atoms with E-state index in [-0.39, 0.29) is 11.7 Å². The van der Waals surface area contributed by atoms with Gasteiger partial charge in [0.1, 0.15) is 5.75 Å². The Morgan fingerprint density at radius 2 is 2.20 bits per heavy atom. The van der Waals surface area contributed by atoms with Gasteiger partial charge in [-0.2, -0.15) is 0 Å². The van der Waals surface area contributed by atoms with Crippen molar-refractivity contribution in [2.45, 2.75) is 25.8 Å². The molecule has 0 saturated carbocycles. The fourth-order valence-electron chi connectivity index (χ4n) is 1.91. The number of nitrogens with two attached hydrogens (primary N) is 1. The van der Waals surface area contributed by atoms with Crippen molar-refractivity contribution in [1.82, 2.24) is 5.32 Å². The molecule has 0 aliphatic rings. The first kappa shape index (κ1) is 14.4. The number of hydrogen-bond acceptors (Lipinski definition) is 4. The van der Waals surface area contributed by atoms with Crippen LogP contribution in [0.1, 0.15) is 23.3 Å².